The summed E-state index contributed by atoms with van der Waals surface area (Å²) in [6.07, 6.45) is 11.3. The highest BCUT2D eigenvalue weighted by molar-refractivity contribution is 5.96. The third-order valence-corrected chi connectivity index (χ3v) is 5.94. The minimum Gasteiger partial charge on any atom is -0.492 e. The summed E-state index contributed by atoms with van der Waals surface area (Å²) in [5.41, 5.74) is 3.96. The van der Waals surface area contributed by atoms with E-state index in [0.29, 0.717) is 12.5 Å². The lowest BCUT2D eigenvalue weighted by molar-refractivity contribution is 0.164. The SMILES string of the molecule is CCOc1cc(-c2ccc(N3CCC(Oc4ccccn4)CC3)nc2)c2c(C=NC)cnn2c1. The first kappa shape index (κ1) is 21.9. The fourth-order valence-corrected chi connectivity index (χ4v) is 4.34. The lowest BCUT2D eigenvalue weighted by Gasteiger charge is -2.32. The summed E-state index contributed by atoms with van der Waals surface area (Å²) < 4.78 is 13.6. The number of anilines is 1. The second kappa shape index (κ2) is 9.91. The molecule has 1 saturated heterocycles. The Balaban J connectivity index is 1.35. The highest BCUT2D eigenvalue weighted by Crippen LogP contribution is 2.31. The van der Waals surface area contributed by atoms with E-state index in [0.717, 1.165) is 59.7 Å². The largest absolute Gasteiger partial charge is 0.492 e. The molecule has 0 aliphatic carbocycles. The third-order valence-electron chi connectivity index (χ3n) is 5.94. The molecule has 0 atom stereocenters. The highest BCUT2D eigenvalue weighted by Gasteiger charge is 2.22. The molecule has 8 nitrogen and oxygen atoms in total. The molecule has 1 aliphatic rings. The van der Waals surface area contributed by atoms with Crippen LogP contribution in [0.3, 0.4) is 0 Å². The topological polar surface area (TPSA) is 77.1 Å². The number of pyridine rings is 3. The molecular weight excluding hydrogens is 428 g/mol. The van der Waals surface area contributed by atoms with Gasteiger partial charge in [0.25, 0.3) is 0 Å². The maximum absolute atomic E-state index is 6.02. The van der Waals surface area contributed by atoms with Gasteiger partial charge in [-0.25, -0.2) is 14.5 Å². The quantitative estimate of drug-likeness (QED) is 0.386. The smallest absolute Gasteiger partial charge is 0.213 e. The molecule has 34 heavy (non-hydrogen) atoms. The van der Waals surface area contributed by atoms with Crippen LogP contribution < -0.4 is 14.4 Å². The van der Waals surface area contributed by atoms with E-state index in [9.17, 15) is 0 Å². The molecule has 0 unspecified atom stereocenters. The Labute approximate surface area is 198 Å². The van der Waals surface area contributed by atoms with Gasteiger partial charge in [-0.05, 0) is 31.2 Å². The number of rotatable bonds is 7. The number of hydrogen-bond donors (Lipinski definition) is 0. The van der Waals surface area contributed by atoms with Gasteiger partial charge in [-0.2, -0.15) is 5.10 Å². The van der Waals surface area contributed by atoms with E-state index in [1.54, 1.807) is 13.2 Å². The molecule has 0 spiro atoms. The summed E-state index contributed by atoms with van der Waals surface area (Å²) in [5.74, 6) is 2.43. The molecule has 0 N–H and O–H groups in total. The van der Waals surface area contributed by atoms with Gasteiger partial charge in [-0.15, -0.1) is 0 Å². The van der Waals surface area contributed by atoms with Crippen LogP contribution in [0.15, 0.2) is 66.2 Å². The average molecular weight is 457 g/mol. The Hall–Kier alpha value is -3.94. The number of piperidine rings is 1. The van der Waals surface area contributed by atoms with Crippen molar-refractivity contribution in [1.29, 1.82) is 0 Å². The Kier molecular flexibility index (Phi) is 6.38. The zero-order valence-corrected chi connectivity index (χ0v) is 19.5. The Bertz CT molecular complexity index is 1260. The van der Waals surface area contributed by atoms with Crippen LogP contribution in [0.25, 0.3) is 16.6 Å². The molecule has 0 aromatic carbocycles. The molecule has 4 aromatic rings. The van der Waals surface area contributed by atoms with Crippen LogP contribution in [0.4, 0.5) is 5.82 Å². The van der Waals surface area contributed by atoms with Gasteiger partial charge in [-0.1, -0.05) is 6.07 Å². The number of aromatic nitrogens is 4. The molecule has 5 rings (SSSR count). The van der Waals surface area contributed by atoms with Crippen LogP contribution in [-0.2, 0) is 0 Å². The summed E-state index contributed by atoms with van der Waals surface area (Å²) in [6.45, 7) is 4.36. The van der Waals surface area contributed by atoms with Crippen LogP contribution in [-0.4, -0.2) is 58.6 Å². The molecular formula is C26H28N6O2. The summed E-state index contributed by atoms with van der Waals surface area (Å²) in [6, 6.07) is 12.0. The van der Waals surface area contributed by atoms with Gasteiger partial charge in [0.1, 0.15) is 17.7 Å². The van der Waals surface area contributed by atoms with Crippen molar-refractivity contribution in [1.82, 2.24) is 19.6 Å². The van der Waals surface area contributed by atoms with Gasteiger partial charge in [0.05, 0.1) is 24.5 Å². The Morgan fingerprint density at radius 2 is 2.00 bits per heavy atom. The number of nitrogens with zero attached hydrogens (tertiary/aromatic N) is 6. The van der Waals surface area contributed by atoms with Gasteiger partial charge in [0, 0.05) is 74.3 Å². The van der Waals surface area contributed by atoms with E-state index in [4.69, 9.17) is 14.5 Å². The second-order valence-corrected chi connectivity index (χ2v) is 8.18. The third kappa shape index (κ3) is 4.57. The van der Waals surface area contributed by atoms with Crippen LogP contribution in [0.1, 0.15) is 25.3 Å². The van der Waals surface area contributed by atoms with E-state index in [2.05, 4.69) is 32.1 Å². The van der Waals surface area contributed by atoms with Gasteiger partial charge in [-0.3, -0.25) is 4.99 Å². The first-order valence-electron chi connectivity index (χ1n) is 11.6. The van der Waals surface area contributed by atoms with Gasteiger partial charge in [0.2, 0.25) is 5.88 Å². The lowest BCUT2D eigenvalue weighted by Crippen LogP contribution is -2.38. The van der Waals surface area contributed by atoms with E-state index in [1.807, 2.05) is 60.5 Å². The normalized spacial score (nSPS) is 14.7. The van der Waals surface area contributed by atoms with Gasteiger partial charge in [0.15, 0.2) is 0 Å². The summed E-state index contributed by atoms with van der Waals surface area (Å²) in [4.78, 5) is 15.6. The van der Waals surface area contributed by atoms with Crippen LogP contribution >= 0.6 is 0 Å². The fraction of sp³-hybridized carbons (Fsp3) is 0.308. The summed E-state index contributed by atoms with van der Waals surface area (Å²) >= 11 is 0. The monoisotopic (exact) mass is 456 g/mol. The van der Waals surface area contributed by atoms with Crippen molar-refractivity contribution >= 4 is 17.5 Å². The number of hydrogen-bond acceptors (Lipinski definition) is 7. The van der Waals surface area contributed by atoms with E-state index in [-0.39, 0.29) is 6.10 Å². The molecule has 0 saturated carbocycles. The van der Waals surface area contributed by atoms with Crippen molar-refractivity contribution in [3.8, 4) is 22.8 Å². The first-order chi connectivity index (χ1) is 16.7. The van der Waals surface area contributed by atoms with Crippen molar-refractivity contribution < 1.29 is 9.47 Å². The molecule has 5 heterocycles. The van der Waals surface area contributed by atoms with E-state index < -0.39 is 0 Å². The Morgan fingerprint density at radius 1 is 1.12 bits per heavy atom. The van der Waals surface area contributed by atoms with Gasteiger partial charge >= 0.3 is 0 Å². The van der Waals surface area contributed by atoms with Crippen molar-refractivity contribution in [2.45, 2.75) is 25.9 Å². The van der Waals surface area contributed by atoms with E-state index in [1.165, 1.54) is 0 Å². The molecule has 1 fully saturated rings. The van der Waals surface area contributed by atoms with Crippen LogP contribution in [0, 0.1) is 0 Å². The molecule has 0 amide bonds. The standard InChI is InChI=1S/C26H28N6O2/c1-3-33-22-14-23(26-20(15-27-2)17-30-32(26)18-22)19-7-8-24(29-16-19)31-12-9-21(10-13-31)34-25-6-4-5-11-28-25/h4-8,11,14-18,21H,3,9-10,12-13H2,1-2H3. The Morgan fingerprint density at radius 3 is 2.71 bits per heavy atom. The highest BCUT2D eigenvalue weighted by atomic mass is 16.5. The minimum atomic E-state index is 0.181. The lowest BCUT2D eigenvalue weighted by atomic mass is 10.0. The summed E-state index contributed by atoms with van der Waals surface area (Å²) in [5, 5.41) is 4.49. The zero-order chi connectivity index (χ0) is 23.3. The van der Waals surface area contributed by atoms with Crippen molar-refractivity contribution in [3.05, 3.63) is 66.7 Å². The maximum atomic E-state index is 6.02. The summed E-state index contributed by atoms with van der Waals surface area (Å²) in [7, 11) is 1.76. The van der Waals surface area contributed by atoms with Gasteiger partial charge < -0.3 is 14.4 Å². The first-order valence-corrected chi connectivity index (χ1v) is 11.6. The van der Waals surface area contributed by atoms with Crippen molar-refractivity contribution in [2.24, 2.45) is 4.99 Å². The maximum Gasteiger partial charge on any atom is 0.213 e. The van der Waals surface area contributed by atoms with Crippen LogP contribution in [0.2, 0.25) is 0 Å². The molecule has 8 heteroatoms. The molecule has 0 radical (unpaired) electrons. The predicted molar refractivity (Wildman–Crippen MR) is 133 cm³/mol. The van der Waals surface area contributed by atoms with Crippen molar-refractivity contribution in [3.63, 3.8) is 0 Å². The number of aliphatic imine (C=N–C) groups is 1. The molecule has 0 bridgehead atoms. The number of ether oxygens (including phenoxy) is 2. The molecule has 4 aromatic heterocycles. The predicted octanol–water partition coefficient (Wildman–Crippen LogP) is 4.29. The fourth-order valence-electron chi connectivity index (χ4n) is 4.34. The average Bonchev–Trinajstić information content (AvgIpc) is 3.28. The second-order valence-electron chi connectivity index (χ2n) is 8.18. The molecule has 1 aliphatic heterocycles. The van der Waals surface area contributed by atoms with Crippen LogP contribution in [0.5, 0.6) is 11.6 Å². The number of fused-ring (bicyclic) bond motifs is 1. The molecule has 174 valence electrons. The zero-order valence-electron chi connectivity index (χ0n) is 19.5. The van der Waals surface area contributed by atoms with Crippen molar-refractivity contribution in [2.75, 3.05) is 31.6 Å². The van der Waals surface area contributed by atoms with E-state index >= 15 is 0 Å². The minimum absolute atomic E-state index is 0.181.